The molecule has 0 radical (unpaired) electrons. The van der Waals surface area contributed by atoms with E-state index in [2.05, 4.69) is 10.6 Å². The molecular weight excluding hydrogens is 438 g/mol. The van der Waals surface area contributed by atoms with E-state index in [0.29, 0.717) is 27.3 Å². The van der Waals surface area contributed by atoms with Crippen LogP contribution < -0.4 is 10.6 Å². The molecule has 30 heavy (non-hydrogen) atoms. The van der Waals surface area contributed by atoms with Crippen LogP contribution in [-0.4, -0.2) is 30.1 Å². The number of hydrogen-bond acceptors (Lipinski definition) is 7. The summed E-state index contributed by atoms with van der Waals surface area (Å²) in [6.07, 6.45) is 1.37. The highest BCUT2D eigenvalue weighted by atomic mass is 32.2. The number of hydrogen-bond donors (Lipinski definition) is 2. The largest absolute Gasteiger partial charge is 0.459 e. The maximum Gasteiger partial charge on any atom is 0.348 e. The van der Waals surface area contributed by atoms with E-state index in [-0.39, 0.29) is 10.6 Å². The first kappa shape index (κ1) is 21.5. The lowest BCUT2D eigenvalue weighted by molar-refractivity contribution is -0.119. The summed E-state index contributed by atoms with van der Waals surface area (Å²) in [7, 11) is 0. The van der Waals surface area contributed by atoms with Crippen LogP contribution in [0.1, 0.15) is 20.2 Å². The van der Waals surface area contributed by atoms with Gasteiger partial charge in [-0.25, -0.2) is 4.79 Å². The van der Waals surface area contributed by atoms with Crippen LogP contribution in [0.4, 0.5) is 19.5 Å². The summed E-state index contributed by atoms with van der Waals surface area (Å²) in [5.74, 6) is -4.16. The normalized spacial score (nSPS) is 10.6. The van der Waals surface area contributed by atoms with Gasteiger partial charge in [-0.3, -0.25) is 9.59 Å². The van der Waals surface area contributed by atoms with Crippen molar-refractivity contribution in [2.24, 2.45) is 0 Å². The third-order valence-electron chi connectivity index (χ3n) is 3.49. The molecule has 2 N–H and O–H groups in total. The molecule has 3 rings (SSSR count). The molecule has 0 saturated carbocycles. The minimum atomic E-state index is -2.53. The van der Waals surface area contributed by atoms with Crippen molar-refractivity contribution in [1.82, 2.24) is 0 Å². The van der Waals surface area contributed by atoms with Crippen molar-refractivity contribution < 1.29 is 32.3 Å². The summed E-state index contributed by atoms with van der Waals surface area (Å²) < 4.78 is 34.5. The second kappa shape index (κ2) is 10.0. The van der Waals surface area contributed by atoms with Gasteiger partial charge in [0.25, 0.3) is 17.6 Å². The minimum Gasteiger partial charge on any atom is -0.459 e. The highest BCUT2D eigenvalue weighted by molar-refractivity contribution is 7.99. The summed E-state index contributed by atoms with van der Waals surface area (Å²) in [6.45, 7) is -0.529. The molecule has 0 unspecified atom stereocenters. The van der Waals surface area contributed by atoms with Gasteiger partial charge in [0.05, 0.1) is 11.3 Å². The van der Waals surface area contributed by atoms with E-state index in [1.807, 2.05) is 0 Å². The average Bonchev–Trinajstić information content (AvgIpc) is 3.39. The van der Waals surface area contributed by atoms with Crippen LogP contribution in [0.5, 0.6) is 0 Å². The van der Waals surface area contributed by atoms with Gasteiger partial charge >= 0.3 is 5.97 Å². The number of thiophene rings is 1. The van der Waals surface area contributed by atoms with Gasteiger partial charge in [-0.15, -0.1) is 11.3 Å². The first-order chi connectivity index (χ1) is 14.4. The van der Waals surface area contributed by atoms with Crippen LogP contribution >= 0.6 is 23.1 Å². The van der Waals surface area contributed by atoms with Crippen molar-refractivity contribution in [3.05, 3.63) is 65.4 Å². The molecule has 0 bridgehead atoms. The summed E-state index contributed by atoms with van der Waals surface area (Å²) >= 11 is 1.38. The Kier molecular flexibility index (Phi) is 7.20. The smallest absolute Gasteiger partial charge is 0.348 e. The molecule has 2 amide bonds. The van der Waals surface area contributed by atoms with Crippen molar-refractivity contribution in [3.8, 4) is 0 Å². The highest BCUT2D eigenvalue weighted by Gasteiger charge is 2.15. The molecule has 156 valence electrons. The SMILES string of the molecule is O=C(COC(=O)c1ccc(NC(=O)c2ccco2)s1)Nc1ccc(SC(F)F)cc1. The van der Waals surface area contributed by atoms with Crippen LogP contribution in [0.25, 0.3) is 0 Å². The zero-order valence-corrected chi connectivity index (χ0v) is 16.7. The Hall–Kier alpha value is -3.18. The van der Waals surface area contributed by atoms with E-state index in [1.165, 1.54) is 48.7 Å². The summed E-state index contributed by atoms with van der Waals surface area (Å²) in [4.78, 5) is 36.5. The van der Waals surface area contributed by atoms with E-state index < -0.39 is 30.1 Å². The van der Waals surface area contributed by atoms with Crippen LogP contribution in [0.3, 0.4) is 0 Å². The molecule has 0 aliphatic heterocycles. The number of alkyl halides is 2. The Morgan fingerprint density at radius 3 is 2.50 bits per heavy atom. The first-order valence-electron chi connectivity index (χ1n) is 8.37. The van der Waals surface area contributed by atoms with E-state index in [4.69, 9.17) is 9.15 Å². The number of halogens is 2. The molecule has 0 fully saturated rings. The average molecular weight is 452 g/mol. The van der Waals surface area contributed by atoms with Crippen molar-refractivity contribution in [2.45, 2.75) is 10.7 Å². The second-order valence-corrected chi connectivity index (χ2v) is 7.77. The summed E-state index contributed by atoms with van der Waals surface area (Å²) in [6, 6.07) is 11.9. The van der Waals surface area contributed by atoms with Gasteiger partial charge in [0.1, 0.15) is 4.88 Å². The number of nitrogens with one attached hydrogen (secondary N) is 2. The summed E-state index contributed by atoms with van der Waals surface area (Å²) in [5, 5.41) is 5.49. The molecule has 11 heteroatoms. The van der Waals surface area contributed by atoms with E-state index in [0.717, 1.165) is 11.3 Å². The third-order valence-corrected chi connectivity index (χ3v) is 5.19. The number of carbonyl (C=O) groups excluding carboxylic acids is 3. The fourth-order valence-electron chi connectivity index (χ4n) is 2.22. The number of esters is 1. The monoisotopic (exact) mass is 452 g/mol. The number of rotatable bonds is 8. The number of amides is 2. The van der Waals surface area contributed by atoms with Gasteiger partial charge in [-0.1, -0.05) is 11.8 Å². The summed E-state index contributed by atoms with van der Waals surface area (Å²) in [5.41, 5.74) is 0.383. The molecule has 0 saturated heterocycles. The maximum atomic E-state index is 12.3. The minimum absolute atomic E-state index is 0.130. The Morgan fingerprint density at radius 1 is 1.07 bits per heavy atom. The lowest BCUT2D eigenvalue weighted by Crippen LogP contribution is -2.20. The Bertz CT molecular complexity index is 1020. The predicted octanol–water partition coefficient (Wildman–Crippen LogP) is 4.70. The van der Waals surface area contributed by atoms with E-state index >= 15 is 0 Å². The van der Waals surface area contributed by atoms with E-state index in [1.54, 1.807) is 6.07 Å². The molecule has 2 aromatic heterocycles. The third kappa shape index (κ3) is 6.16. The lowest BCUT2D eigenvalue weighted by Gasteiger charge is -2.07. The number of ether oxygens (including phenoxy) is 1. The van der Waals surface area contributed by atoms with Crippen LogP contribution in [0, 0.1) is 0 Å². The van der Waals surface area contributed by atoms with Crippen LogP contribution in [0.2, 0.25) is 0 Å². The zero-order chi connectivity index (χ0) is 21.5. The second-order valence-electron chi connectivity index (χ2n) is 5.62. The number of thioether (sulfide) groups is 1. The Morgan fingerprint density at radius 2 is 1.83 bits per heavy atom. The van der Waals surface area contributed by atoms with Crippen molar-refractivity contribution >= 4 is 51.6 Å². The van der Waals surface area contributed by atoms with Gasteiger partial charge in [0.2, 0.25) is 0 Å². The number of furan rings is 1. The highest BCUT2D eigenvalue weighted by Crippen LogP contribution is 2.26. The molecular formula is C19H14F2N2O5S2. The zero-order valence-electron chi connectivity index (χ0n) is 15.1. The molecule has 2 heterocycles. The first-order valence-corrected chi connectivity index (χ1v) is 10.1. The standard InChI is InChI=1S/C19H14F2N2O5S2/c20-19(21)29-12-5-3-11(4-6-12)22-15(24)10-28-18(26)14-7-8-16(30-14)23-17(25)13-2-1-9-27-13/h1-9,19H,10H2,(H,22,24)(H,23,25). The van der Waals surface area contributed by atoms with Crippen molar-refractivity contribution in [3.63, 3.8) is 0 Å². The predicted molar refractivity (Wildman–Crippen MR) is 108 cm³/mol. The van der Waals surface area contributed by atoms with Gasteiger partial charge in [-0.05, 0) is 48.5 Å². The van der Waals surface area contributed by atoms with Crippen molar-refractivity contribution in [1.29, 1.82) is 0 Å². The molecule has 3 aromatic rings. The molecule has 0 spiro atoms. The van der Waals surface area contributed by atoms with Gasteiger partial charge in [0, 0.05) is 10.6 Å². The fraction of sp³-hybridized carbons (Fsp3) is 0.105. The molecule has 0 atom stereocenters. The topological polar surface area (TPSA) is 97.6 Å². The molecule has 7 nitrogen and oxygen atoms in total. The van der Waals surface area contributed by atoms with Gasteiger partial charge < -0.3 is 19.8 Å². The molecule has 0 aliphatic carbocycles. The lowest BCUT2D eigenvalue weighted by atomic mass is 10.3. The quantitative estimate of drug-likeness (QED) is 0.380. The molecule has 0 aliphatic rings. The number of benzene rings is 1. The van der Waals surface area contributed by atoms with Gasteiger partial charge in [-0.2, -0.15) is 8.78 Å². The van der Waals surface area contributed by atoms with Crippen molar-refractivity contribution in [2.75, 3.05) is 17.2 Å². The number of anilines is 2. The number of carbonyl (C=O) groups is 3. The maximum absolute atomic E-state index is 12.3. The fourth-order valence-corrected chi connectivity index (χ4v) is 3.51. The van der Waals surface area contributed by atoms with Crippen LogP contribution in [0.15, 0.2) is 64.1 Å². The molecule has 1 aromatic carbocycles. The van der Waals surface area contributed by atoms with E-state index in [9.17, 15) is 23.2 Å². The van der Waals surface area contributed by atoms with Crippen LogP contribution in [-0.2, 0) is 9.53 Å². The Labute approximate surface area is 177 Å². The Balaban J connectivity index is 1.46. The van der Waals surface area contributed by atoms with Gasteiger partial charge in [0.15, 0.2) is 12.4 Å².